The largest absolute Gasteiger partial charge is 0.481 e. The van der Waals surface area contributed by atoms with E-state index in [2.05, 4.69) is 11.9 Å². The lowest BCUT2D eigenvalue weighted by Crippen LogP contribution is -2.41. The smallest absolute Gasteiger partial charge is 0.303 e. The van der Waals surface area contributed by atoms with E-state index < -0.39 is 5.97 Å². The monoisotopic (exact) mass is 354 g/mol. The fourth-order valence-electron chi connectivity index (χ4n) is 3.95. The molecule has 5 heteroatoms. The molecular formula is C21H26N2O3. The number of fused-ring (bicyclic) bond motifs is 1. The molecular weight excluding hydrogens is 328 g/mol. The molecule has 1 fully saturated rings. The Labute approximate surface area is 154 Å². The van der Waals surface area contributed by atoms with Crippen molar-refractivity contribution in [2.75, 3.05) is 13.1 Å². The Bertz CT molecular complexity index is 831. The van der Waals surface area contributed by atoms with E-state index >= 15 is 0 Å². The molecule has 1 aromatic heterocycles. The molecule has 5 nitrogen and oxygen atoms in total. The average Bonchev–Trinajstić information content (AvgIpc) is 2.63. The molecule has 1 N–H and O–H groups in total. The van der Waals surface area contributed by atoms with Gasteiger partial charge in [-0.3, -0.25) is 14.6 Å². The Hall–Kier alpha value is -2.43. The quantitative estimate of drug-likeness (QED) is 0.892. The molecule has 0 saturated carbocycles. The number of piperidine rings is 1. The summed E-state index contributed by atoms with van der Waals surface area (Å²) in [6.45, 7) is 5.46. The molecule has 0 aliphatic carbocycles. The molecule has 138 valence electrons. The molecule has 26 heavy (non-hydrogen) atoms. The average molecular weight is 354 g/mol. The van der Waals surface area contributed by atoms with Crippen molar-refractivity contribution in [2.45, 2.75) is 46.0 Å². The highest BCUT2D eigenvalue weighted by Gasteiger charge is 2.25. The van der Waals surface area contributed by atoms with Crippen LogP contribution in [0.1, 0.15) is 42.5 Å². The van der Waals surface area contributed by atoms with Crippen molar-refractivity contribution < 1.29 is 14.7 Å². The second kappa shape index (κ2) is 7.85. The third-order valence-electron chi connectivity index (χ3n) is 5.45. The van der Waals surface area contributed by atoms with Crippen LogP contribution in [0.5, 0.6) is 0 Å². The number of carboxylic acids is 1. The van der Waals surface area contributed by atoms with Crippen LogP contribution in [-0.4, -0.2) is 40.0 Å². The van der Waals surface area contributed by atoms with Crippen LogP contribution in [0, 0.1) is 19.8 Å². The minimum Gasteiger partial charge on any atom is -0.481 e. The summed E-state index contributed by atoms with van der Waals surface area (Å²) >= 11 is 0. The standard InChI is InChI=1S/C21H26N2O3/c1-14-17-7-3-4-8-19(17)22-15(2)18(14)12-20(24)23-11-5-6-16(13-23)9-10-21(25)26/h3-4,7-8,16H,5-6,9-13H2,1-2H3,(H,25,26)/t16-/m0/s1. The van der Waals surface area contributed by atoms with Gasteiger partial charge in [0.15, 0.2) is 0 Å². The van der Waals surface area contributed by atoms with Crippen molar-refractivity contribution in [1.82, 2.24) is 9.88 Å². The van der Waals surface area contributed by atoms with Crippen LogP contribution in [0.2, 0.25) is 0 Å². The summed E-state index contributed by atoms with van der Waals surface area (Å²) in [5, 5.41) is 9.97. The molecule has 0 spiro atoms. The van der Waals surface area contributed by atoms with Gasteiger partial charge >= 0.3 is 5.97 Å². The highest BCUT2D eigenvalue weighted by atomic mass is 16.4. The predicted octanol–water partition coefficient (Wildman–Crippen LogP) is 3.50. The first-order valence-electron chi connectivity index (χ1n) is 9.30. The van der Waals surface area contributed by atoms with Gasteiger partial charge in [-0.05, 0) is 56.2 Å². The number of likely N-dealkylation sites (tertiary alicyclic amines) is 1. The first-order valence-corrected chi connectivity index (χ1v) is 9.30. The SMILES string of the molecule is Cc1nc2ccccc2c(C)c1CC(=O)N1CCC[C@@H](CCC(=O)O)C1. The van der Waals surface area contributed by atoms with Gasteiger partial charge in [-0.25, -0.2) is 0 Å². The van der Waals surface area contributed by atoms with E-state index in [1.807, 2.05) is 36.1 Å². The molecule has 0 bridgehead atoms. The van der Waals surface area contributed by atoms with Crippen molar-refractivity contribution in [1.29, 1.82) is 0 Å². The predicted molar refractivity (Wildman–Crippen MR) is 101 cm³/mol. The number of pyridine rings is 1. The maximum Gasteiger partial charge on any atom is 0.303 e. The number of hydrogen-bond acceptors (Lipinski definition) is 3. The molecule has 1 saturated heterocycles. The number of rotatable bonds is 5. The lowest BCUT2D eigenvalue weighted by Gasteiger charge is -2.33. The van der Waals surface area contributed by atoms with Gasteiger partial charge in [0.2, 0.25) is 5.91 Å². The van der Waals surface area contributed by atoms with E-state index in [0.29, 0.717) is 25.3 Å². The number of hydrogen-bond donors (Lipinski definition) is 1. The number of aromatic nitrogens is 1. The topological polar surface area (TPSA) is 70.5 Å². The summed E-state index contributed by atoms with van der Waals surface area (Å²) in [5.41, 5.74) is 4.02. The number of aliphatic carboxylic acids is 1. The van der Waals surface area contributed by atoms with Gasteiger partial charge in [-0.2, -0.15) is 0 Å². The van der Waals surface area contributed by atoms with Crippen molar-refractivity contribution in [2.24, 2.45) is 5.92 Å². The van der Waals surface area contributed by atoms with Crippen molar-refractivity contribution in [3.63, 3.8) is 0 Å². The van der Waals surface area contributed by atoms with Crippen molar-refractivity contribution in [3.8, 4) is 0 Å². The minimum absolute atomic E-state index is 0.119. The first-order chi connectivity index (χ1) is 12.5. The van der Waals surface area contributed by atoms with Crippen LogP contribution in [0.25, 0.3) is 10.9 Å². The number of amides is 1. The molecule has 2 aromatic rings. The second-order valence-electron chi connectivity index (χ2n) is 7.28. The zero-order valence-electron chi connectivity index (χ0n) is 15.5. The summed E-state index contributed by atoms with van der Waals surface area (Å²) < 4.78 is 0. The van der Waals surface area contributed by atoms with Gasteiger partial charge in [0.25, 0.3) is 0 Å². The fraction of sp³-hybridized carbons (Fsp3) is 0.476. The van der Waals surface area contributed by atoms with Gasteiger partial charge in [-0.15, -0.1) is 0 Å². The lowest BCUT2D eigenvalue weighted by atomic mass is 9.92. The Morgan fingerprint density at radius 2 is 2.04 bits per heavy atom. The zero-order chi connectivity index (χ0) is 18.7. The van der Waals surface area contributed by atoms with Gasteiger partial charge < -0.3 is 10.0 Å². The minimum atomic E-state index is -0.762. The van der Waals surface area contributed by atoms with E-state index in [0.717, 1.165) is 47.1 Å². The third kappa shape index (κ3) is 4.03. The summed E-state index contributed by atoms with van der Waals surface area (Å²) in [7, 11) is 0. The van der Waals surface area contributed by atoms with E-state index in [-0.39, 0.29) is 12.3 Å². The van der Waals surface area contributed by atoms with E-state index in [9.17, 15) is 9.59 Å². The van der Waals surface area contributed by atoms with E-state index in [4.69, 9.17) is 5.11 Å². The van der Waals surface area contributed by atoms with E-state index in [1.165, 1.54) is 0 Å². The maximum absolute atomic E-state index is 12.9. The summed E-state index contributed by atoms with van der Waals surface area (Å²) in [5.74, 6) is -0.351. The Kier molecular flexibility index (Phi) is 5.55. The summed E-state index contributed by atoms with van der Waals surface area (Å²) in [6.07, 6.45) is 3.14. The number of carboxylic acid groups (broad SMARTS) is 1. The maximum atomic E-state index is 12.9. The number of carbonyl (C=O) groups excluding carboxylic acids is 1. The second-order valence-corrected chi connectivity index (χ2v) is 7.28. The summed E-state index contributed by atoms with van der Waals surface area (Å²) in [6, 6.07) is 8.02. The molecule has 1 aliphatic heterocycles. The number of aryl methyl sites for hydroxylation is 2. The number of benzene rings is 1. The molecule has 2 heterocycles. The van der Waals surface area contributed by atoms with Crippen LogP contribution >= 0.6 is 0 Å². The molecule has 1 aliphatic rings. The lowest BCUT2D eigenvalue weighted by molar-refractivity contribution is -0.137. The summed E-state index contributed by atoms with van der Waals surface area (Å²) in [4.78, 5) is 30.2. The van der Waals surface area contributed by atoms with Gasteiger partial charge in [0.1, 0.15) is 0 Å². The fourth-order valence-corrected chi connectivity index (χ4v) is 3.95. The van der Waals surface area contributed by atoms with Gasteiger partial charge in [-0.1, -0.05) is 18.2 Å². The van der Waals surface area contributed by atoms with Crippen LogP contribution in [0.15, 0.2) is 24.3 Å². The van der Waals surface area contributed by atoms with Gasteiger partial charge in [0.05, 0.1) is 11.9 Å². The van der Waals surface area contributed by atoms with E-state index in [1.54, 1.807) is 0 Å². The Balaban J connectivity index is 1.73. The van der Waals surface area contributed by atoms with Crippen LogP contribution in [0.4, 0.5) is 0 Å². The Morgan fingerprint density at radius 3 is 2.81 bits per heavy atom. The first kappa shape index (κ1) is 18.4. The molecule has 1 aromatic carbocycles. The molecule has 0 unspecified atom stereocenters. The van der Waals surface area contributed by atoms with Crippen LogP contribution < -0.4 is 0 Å². The molecule has 1 amide bonds. The van der Waals surface area contributed by atoms with Crippen LogP contribution in [-0.2, 0) is 16.0 Å². The number of nitrogens with zero attached hydrogens (tertiary/aromatic N) is 2. The molecule has 0 radical (unpaired) electrons. The molecule has 3 rings (SSSR count). The zero-order valence-corrected chi connectivity index (χ0v) is 15.5. The van der Waals surface area contributed by atoms with Crippen molar-refractivity contribution >= 4 is 22.8 Å². The van der Waals surface area contributed by atoms with Gasteiger partial charge in [0, 0.05) is 30.6 Å². The number of para-hydroxylation sites is 1. The number of carbonyl (C=O) groups is 2. The molecule has 1 atom stereocenters. The normalized spacial score (nSPS) is 17.5. The highest BCUT2D eigenvalue weighted by molar-refractivity contribution is 5.86. The third-order valence-corrected chi connectivity index (χ3v) is 5.45. The van der Waals surface area contributed by atoms with Crippen molar-refractivity contribution in [3.05, 3.63) is 41.1 Å². The highest BCUT2D eigenvalue weighted by Crippen LogP contribution is 2.25. The van der Waals surface area contributed by atoms with Crippen LogP contribution in [0.3, 0.4) is 0 Å². The Morgan fingerprint density at radius 1 is 1.27 bits per heavy atom.